The van der Waals surface area contributed by atoms with Gasteiger partial charge in [0.05, 0.1) is 23.4 Å². The van der Waals surface area contributed by atoms with Crippen molar-refractivity contribution in [3.63, 3.8) is 0 Å². The van der Waals surface area contributed by atoms with Gasteiger partial charge < -0.3 is 15.4 Å². The molecule has 0 spiro atoms. The molecule has 0 bridgehead atoms. The van der Waals surface area contributed by atoms with E-state index in [4.69, 9.17) is 21.6 Å². The number of rotatable bonds is 5. The molecule has 3 rings (SSSR count). The zero-order chi connectivity index (χ0) is 19.2. The van der Waals surface area contributed by atoms with Gasteiger partial charge in [0.1, 0.15) is 17.5 Å². The number of para-hydroxylation sites is 1. The van der Waals surface area contributed by atoms with Gasteiger partial charge in [-0.25, -0.2) is 9.97 Å². The van der Waals surface area contributed by atoms with Crippen molar-refractivity contribution < 1.29 is 9.53 Å². The number of ether oxygens (including phenoxy) is 1. The first-order chi connectivity index (χ1) is 13.1. The number of nitrogens with one attached hydrogen (secondary N) is 2. The van der Waals surface area contributed by atoms with Crippen LogP contribution in [0.2, 0.25) is 5.02 Å². The smallest absolute Gasteiger partial charge is 0.274 e. The molecule has 27 heavy (non-hydrogen) atoms. The monoisotopic (exact) mass is 379 g/mol. The third-order valence-electron chi connectivity index (χ3n) is 3.59. The van der Waals surface area contributed by atoms with Crippen LogP contribution in [0.25, 0.3) is 0 Å². The second-order valence-electron chi connectivity index (χ2n) is 5.35. The molecule has 0 aliphatic heterocycles. The maximum absolute atomic E-state index is 12.5. The van der Waals surface area contributed by atoms with E-state index in [1.54, 1.807) is 42.5 Å². The average Bonchev–Trinajstić information content (AvgIpc) is 2.69. The minimum atomic E-state index is -0.421. The van der Waals surface area contributed by atoms with Crippen molar-refractivity contribution in [3.05, 3.63) is 71.0 Å². The van der Waals surface area contributed by atoms with Crippen molar-refractivity contribution in [1.82, 2.24) is 9.97 Å². The van der Waals surface area contributed by atoms with Crippen LogP contribution in [0.5, 0.6) is 5.75 Å². The number of carbonyl (C=O) groups is 1. The summed E-state index contributed by atoms with van der Waals surface area (Å²) in [4.78, 5) is 20.7. The maximum atomic E-state index is 12.5. The number of benzene rings is 2. The summed E-state index contributed by atoms with van der Waals surface area (Å²) < 4.78 is 5.08. The van der Waals surface area contributed by atoms with Crippen molar-refractivity contribution in [2.75, 3.05) is 17.7 Å². The lowest BCUT2D eigenvalue weighted by atomic mass is 10.2. The Kier molecular flexibility index (Phi) is 5.50. The number of hydrogen-bond donors (Lipinski definition) is 2. The first-order valence-corrected chi connectivity index (χ1v) is 8.22. The summed E-state index contributed by atoms with van der Waals surface area (Å²) in [6.07, 6.45) is 1.46. The zero-order valence-corrected chi connectivity index (χ0v) is 15.0. The van der Waals surface area contributed by atoms with Gasteiger partial charge >= 0.3 is 0 Å². The van der Waals surface area contributed by atoms with Crippen molar-refractivity contribution in [2.24, 2.45) is 0 Å². The molecule has 7 nitrogen and oxygen atoms in total. The number of aromatic nitrogens is 2. The van der Waals surface area contributed by atoms with Crippen LogP contribution >= 0.6 is 11.6 Å². The highest BCUT2D eigenvalue weighted by Gasteiger charge is 2.11. The molecule has 0 radical (unpaired) electrons. The molecular weight excluding hydrogens is 366 g/mol. The molecule has 3 aromatic rings. The van der Waals surface area contributed by atoms with E-state index in [1.165, 1.54) is 19.4 Å². The Morgan fingerprint density at radius 3 is 2.78 bits per heavy atom. The van der Waals surface area contributed by atoms with E-state index in [-0.39, 0.29) is 11.6 Å². The summed E-state index contributed by atoms with van der Waals surface area (Å²) in [5, 5.41) is 15.2. The standard InChI is InChI=1S/C19H14ClN5O2/c1-27-17-7-6-13(10-14(17)20)23-18(26)16-8-9-22-19(25-16)24-15-5-3-2-4-12(15)11-21/h2-10H,1H3,(H,23,26)(H,22,24,25). The number of nitrogens with zero attached hydrogens (tertiary/aromatic N) is 3. The van der Waals surface area contributed by atoms with E-state index >= 15 is 0 Å². The van der Waals surface area contributed by atoms with Crippen molar-refractivity contribution in [1.29, 1.82) is 5.26 Å². The van der Waals surface area contributed by atoms with E-state index in [2.05, 4.69) is 26.7 Å². The molecule has 0 saturated heterocycles. The summed E-state index contributed by atoms with van der Waals surface area (Å²) in [6.45, 7) is 0. The van der Waals surface area contributed by atoms with Gasteiger partial charge in [0.2, 0.25) is 5.95 Å². The second kappa shape index (κ2) is 8.17. The first kappa shape index (κ1) is 18.2. The van der Waals surface area contributed by atoms with E-state index in [1.807, 2.05) is 0 Å². The lowest BCUT2D eigenvalue weighted by molar-refractivity contribution is 0.102. The fourth-order valence-electron chi connectivity index (χ4n) is 2.29. The lowest BCUT2D eigenvalue weighted by Gasteiger charge is -2.09. The van der Waals surface area contributed by atoms with Crippen LogP contribution < -0.4 is 15.4 Å². The molecule has 1 heterocycles. The highest BCUT2D eigenvalue weighted by Crippen LogP contribution is 2.27. The van der Waals surface area contributed by atoms with Crippen molar-refractivity contribution in [2.45, 2.75) is 0 Å². The number of nitriles is 1. The van der Waals surface area contributed by atoms with Crippen LogP contribution in [0.1, 0.15) is 16.1 Å². The minimum Gasteiger partial charge on any atom is -0.495 e. The number of carbonyl (C=O) groups excluding carboxylic acids is 1. The number of amides is 1. The van der Waals surface area contributed by atoms with Crippen LogP contribution in [0.3, 0.4) is 0 Å². The van der Waals surface area contributed by atoms with Crippen LogP contribution in [0, 0.1) is 11.3 Å². The molecule has 0 aliphatic carbocycles. The molecule has 0 unspecified atom stereocenters. The topological polar surface area (TPSA) is 99.9 Å². The van der Waals surface area contributed by atoms with E-state index < -0.39 is 5.91 Å². The average molecular weight is 380 g/mol. The van der Waals surface area contributed by atoms with Crippen LogP contribution in [0.4, 0.5) is 17.3 Å². The summed E-state index contributed by atoms with van der Waals surface area (Å²) in [7, 11) is 1.51. The molecule has 2 aromatic carbocycles. The Bertz CT molecular complexity index is 1030. The summed E-state index contributed by atoms with van der Waals surface area (Å²) in [5.74, 6) is 0.299. The van der Waals surface area contributed by atoms with Gasteiger partial charge in [-0.15, -0.1) is 0 Å². The Morgan fingerprint density at radius 1 is 1.22 bits per heavy atom. The number of halogens is 1. The highest BCUT2D eigenvalue weighted by molar-refractivity contribution is 6.32. The highest BCUT2D eigenvalue weighted by atomic mass is 35.5. The largest absolute Gasteiger partial charge is 0.495 e. The molecule has 1 aromatic heterocycles. The number of hydrogen-bond acceptors (Lipinski definition) is 6. The molecule has 0 saturated carbocycles. The predicted molar refractivity (Wildman–Crippen MR) is 102 cm³/mol. The summed E-state index contributed by atoms with van der Waals surface area (Å²) >= 11 is 6.06. The van der Waals surface area contributed by atoms with Gasteiger partial charge in [-0.2, -0.15) is 5.26 Å². The van der Waals surface area contributed by atoms with E-state index in [9.17, 15) is 4.79 Å². The Morgan fingerprint density at radius 2 is 2.04 bits per heavy atom. The molecule has 0 fully saturated rings. The van der Waals surface area contributed by atoms with Gasteiger partial charge in [0.15, 0.2) is 0 Å². The normalized spacial score (nSPS) is 9.96. The molecule has 8 heteroatoms. The molecule has 2 N–H and O–H groups in total. The third-order valence-corrected chi connectivity index (χ3v) is 3.89. The van der Waals surface area contributed by atoms with Crippen molar-refractivity contribution >= 4 is 34.8 Å². The molecule has 1 amide bonds. The number of methoxy groups -OCH3 is 1. The molecule has 134 valence electrons. The van der Waals surface area contributed by atoms with Crippen molar-refractivity contribution in [3.8, 4) is 11.8 Å². The second-order valence-corrected chi connectivity index (χ2v) is 5.76. The Hall–Kier alpha value is -3.63. The quantitative estimate of drug-likeness (QED) is 0.694. The minimum absolute atomic E-state index is 0.161. The fraction of sp³-hybridized carbons (Fsp3) is 0.0526. The SMILES string of the molecule is COc1ccc(NC(=O)c2ccnc(Nc3ccccc3C#N)n2)cc1Cl. The van der Waals surface area contributed by atoms with E-state index in [0.29, 0.717) is 27.7 Å². The van der Waals surface area contributed by atoms with Gasteiger partial charge in [0.25, 0.3) is 5.91 Å². The van der Waals surface area contributed by atoms with Gasteiger partial charge in [0, 0.05) is 11.9 Å². The maximum Gasteiger partial charge on any atom is 0.274 e. The molecular formula is C19H14ClN5O2. The van der Waals surface area contributed by atoms with Gasteiger partial charge in [-0.3, -0.25) is 4.79 Å². The third kappa shape index (κ3) is 4.32. The van der Waals surface area contributed by atoms with Crippen LogP contribution in [-0.4, -0.2) is 23.0 Å². The molecule has 0 aliphatic rings. The van der Waals surface area contributed by atoms with Crippen LogP contribution in [0.15, 0.2) is 54.7 Å². The lowest BCUT2D eigenvalue weighted by Crippen LogP contribution is -2.15. The zero-order valence-electron chi connectivity index (χ0n) is 14.2. The van der Waals surface area contributed by atoms with E-state index in [0.717, 1.165) is 0 Å². The summed E-state index contributed by atoms with van der Waals surface area (Å²) in [5.41, 5.74) is 1.67. The Labute approximate surface area is 160 Å². The van der Waals surface area contributed by atoms with Gasteiger partial charge in [-0.05, 0) is 36.4 Å². The van der Waals surface area contributed by atoms with Gasteiger partial charge in [-0.1, -0.05) is 23.7 Å². The molecule has 0 atom stereocenters. The Balaban J connectivity index is 1.78. The number of anilines is 3. The first-order valence-electron chi connectivity index (χ1n) is 7.85. The summed E-state index contributed by atoms with van der Waals surface area (Å²) in [6, 6.07) is 15.4. The van der Waals surface area contributed by atoms with Crippen LogP contribution in [-0.2, 0) is 0 Å². The fourth-order valence-corrected chi connectivity index (χ4v) is 2.55. The predicted octanol–water partition coefficient (Wildman–Crippen LogP) is 4.01.